The number of carbonyl (C=O) groups excluding carboxylic acids is 1. The molecule has 2 heterocycles. The van der Waals surface area contributed by atoms with Crippen LogP contribution in [0.3, 0.4) is 0 Å². The molecule has 3 aromatic rings. The zero-order valence-electron chi connectivity index (χ0n) is 14.0. The number of benzene rings is 1. The molecular weight excluding hydrogens is 314 g/mol. The third-order valence-electron chi connectivity index (χ3n) is 3.68. The lowest BCUT2D eigenvalue weighted by Gasteiger charge is -2.17. The largest absolute Gasteiger partial charge is 0.350 e. The lowest BCUT2D eigenvalue weighted by Crippen LogP contribution is -2.26. The van der Waals surface area contributed by atoms with Crippen molar-refractivity contribution < 1.29 is 4.79 Å². The van der Waals surface area contributed by atoms with Gasteiger partial charge in [0.05, 0.1) is 5.56 Å². The molecule has 0 unspecified atom stereocenters. The topological polar surface area (TPSA) is 71.0 Å². The summed E-state index contributed by atoms with van der Waals surface area (Å²) in [5, 5.41) is 3.11. The van der Waals surface area contributed by atoms with E-state index in [4.69, 9.17) is 0 Å². The predicted molar refractivity (Wildman–Crippen MR) is 95.8 cm³/mol. The molecule has 0 saturated heterocycles. The Kier molecular flexibility index (Phi) is 5.31. The van der Waals surface area contributed by atoms with Crippen molar-refractivity contribution in [1.82, 2.24) is 19.9 Å². The van der Waals surface area contributed by atoms with Gasteiger partial charge in [-0.2, -0.15) is 0 Å². The van der Waals surface area contributed by atoms with E-state index < -0.39 is 0 Å². The molecule has 0 radical (unpaired) electrons. The van der Waals surface area contributed by atoms with E-state index in [1.807, 2.05) is 42.5 Å². The van der Waals surface area contributed by atoms with Crippen molar-refractivity contribution in [3.05, 3.63) is 83.9 Å². The molecule has 2 aromatic heterocycles. The first-order valence-corrected chi connectivity index (χ1v) is 7.96. The highest BCUT2D eigenvalue weighted by molar-refractivity contribution is 5.93. The third kappa shape index (κ3) is 4.60. The Bertz CT molecular complexity index is 806. The van der Waals surface area contributed by atoms with Gasteiger partial charge < -0.3 is 10.2 Å². The van der Waals surface area contributed by atoms with Crippen LogP contribution in [0.15, 0.2) is 67.3 Å². The van der Waals surface area contributed by atoms with Gasteiger partial charge in [-0.3, -0.25) is 9.78 Å². The number of hydrogen-bond donors (Lipinski definition) is 1. The Balaban J connectivity index is 1.58. The third-order valence-corrected chi connectivity index (χ3v) is 3.68. The number of amides is 1. The first kappa shape index (κ1) is 16.6. The fourth-order valence-electron chi connectivity index (χ4n) is 2.36. The van der Waals surface area contributed by atoms with Gasteiger partial charge in [0.1, 0.15) is 0 Å². The smallest absolute Gasteiger partial charge is 0.257 e. The van der Waals surface area contributed by atoms with E-state index in [1.54, 1.807) is 36.7 Å². The molecule has 1 aromatic carbocycles. The van der Waals surface area contributed by atoms with E-state index in [1.165, 1.54) is 0 Å². The number of hydrogen-bond acceptors (Lipinski definition) is 5. The lowest BCUT2D eigenvalue weighted by atomic mass is 10.2. The molecule has 0 fully saturated rings. The minimum atomic E-state index is -0.109. The number of pyridine rings is 1. The molecule has 6 nitrogen and oxygen atoms in total. The summed E-state index contributed by atoms with van der Waals surface area (Å²) in [4.78, 5) is 26.6. The van der Waals surface area contributed by atoms with Crippen LogP contribution in [-0.4, -0.2) is 32.8 Å². The van der Waals surface area contributed by atoms with Crippen LogP contribution >= 0.6 is 0 Å². The Morgan fingerprint density at radius 2 is 1.72 bits per heavy atom. The van der Waals surface area contributed by atoms with E-state index in [2.05, 4.69) is 20.3 Å². The van der Waals surface area contributed by atoms with Crippen LogP contribution < -0.4 is 5.32 Å². The second-order valence-corrected chi connectivity index (χ2v) is 5.66. The van der Waals surface area contributed by atoms with E-state index in [0.717, 1.165) is 11.1 Å². The van der Waals surface area contributed by atoms with Gasteiger partial charge in [0.15, 0.2) is 0 Å². The molecule has 1 N–H and O–H groups in total. The number of nitrogens with zero attached hydrogens (tertiary/aromatic N) is 4. The van der Waals surface area contributed by atoms with Crippen LogP contribution in [0.4, 0.5) is 5.95 Å². The number of rotatable bonds is 6. The summed E-state index contributed by atoms with van der Waals surface area (Å²) in [5.74, 6) is 0.369. The summed E-state index contributed by atoms with van der Waals surface area (Å²) in [6.45, 7) is 1.12. The van der Waals surface area contributed by atoms with Crippen molar-refractivity contribution in [1.29, 1.82) is 0 Å². The summed E-state index contributed by atoms with van der Waals surface area (Å²) in [6, 6.07) is 13.7. The molecule has 0 aliphatic carbocycles. The van der Waals surface area contributed by atoms with Crippen molar-refractivity contribution in [3.8, 4) is 0 Å². The Morgan fingerprint density at radius 1 is 1.00 bits per heavy atom. The Labute approximate surface area is 146 Å². The van der Waals surface area contributed by atoms with Crippen LogP contribution in [0.5, 0.6) is 0 Å². The van der Waals surface area contributed by atoms with Gasteiger partial charge in [-0.15, -0.1) is 0 Å². The Hall–Kier alpha value is -3.28. The van der Waals surface area contributed by atoms with Crippen molar-refractivity contribution in [3.63, 3.8) is 0 Å². The number of nitrogens with one attached hydrogen (secondary N) is 1. The quantitative estimate of drug-likeness (QED) is 0.751. The molecule has 1 amide bonds. The van der Waals surface area contributed by atoms with Crippen molar-refractivity contribution >= 4 is 11.9 Å². The molecular formula is C19H19N5O. The zero-order valence-corrected chi connectivity index (χ0v) is 14.0. The minimum absolute atomic E-state index is 0.109. The lowest BCUT2D eigenvalue weighted by molar-refractivity contribution is 0.0784. The van der Waals surface area contributed by atoms with E-state index in [0.29, 0.717) is 24.6 Å². The number of anilines is 1. The second kappa shape index (κ2) is 8.01. The van der Waals surface area contributed by atoms with E-state index in [9.17, 15) is 4.79 Å². The first-order valence-electron chi connectivity index (χ1n) is 7.96. The maximum Gasteiger partial charge on any atom is 0.257 e. The first-order chi connectivity index (χ1) is 12.2. The molecule has 0 aliphatic rings. The van der Waals surface area contributed by atoms with Gasteiger partial charge >= 0.3 is 0 Å². The van der Waals surface area contributed by atoms with Gasteiger partial charge in [0, 0.05) is 44.9 Å². The normalized spacial score (nSPS) is 10.3. The molecule has 0 spiro atoms. The summed E-state index contributed by atoms with van der Waals surface area (Å²) in [5.41, 5.74) is 2.58. The highest BCUT2D eigenvalue weighted by Gasteiger charge is 2.13. The molecule has 6 heteroatoms. The fourth-order valence-corrected chi connectivity index (χ4v) is 2.36. The van der Waals surface area contributed by atoms with Gasteiger partial charge in [-0.05, 0) is 17.2 Å². The van der Waals surface area contributed by atoms with Crippen LogP contribution in [0.25, 0.3) is 0 Å². The second-order valence-electron chi connectivity index (χ2n) is 5.66. The monoisotopic (exact) mass is 333 g/mol. The molecule has 25 heavy (non-hydrogen) atoms. The minimum Gasteiger partial charge on any atom is -0.350 e. The molecule has 0 bridgehead atoms. The van der Waals surface area contributed by atoms with Crippen LogP contribution in [0.2, 0.25) is 0 Å². The summed E-state index contributed by atoms with van der Waals surface area (Å²) >= 11 is 0. The fraction of sp³-hybridized carbons (Fsp3) is 0.158. The van der Waals surface area contributed by atoms with Crippen molar-refractivity contribution in [2.75, 3.05) is 12.4 Å². The summed E-state index contributed by atoms with van der Waals surface area (Å²) in [7, 11) is 1.77. The predicted octanol–water partition coefficient (Wildman–Crippen LogP) is 2.76. The highest BCUT2D eigenvalue weighted by Crippen LogP contribution is 2.09. The molecule has 0 saturated carbocycles. The maximum atomic E-state index is 12.5. The van der Waals surface area contributed by atoms with Gasteiger partial charge in [-0.1, -0.05) is 36.4 Å². The SMILES string of the molecule is CN(Cc1ccccc1)C(=O)c1cnc(NCc2cccnc2)nc1. The van der Waals surface area contributed by atoms with Crippen molar-refractivity contribution in [2.45, 2.75) is 13.1 Å². The average Bonchev–Trinajstić information content (AvgIpc) is 2.68. The van der Waals surface area contributed by atoms with Crippen molar-refractivity contribution in [2.24, 2.45) is 0 Å². The highest BCUT2D eigenvalue weighted by atomic mass is 16.2. The Morgan fingerprint density at radius 3 is 2.40 bits per heavy atom. The summed E-state index contributed by atoms with van der Waals surface area (Å²) < 4.78 is 0. The molecule has 126 valence electrons. The van der Waals surface area contributed by atoms with E-state index in [-0.39, 0.29) is 5.91 Å². The van der Waals surface area contributed by atoms with Gasteiger partial charge in [-0.25, -0.2) is 9.97 Å². The van der Waals surface area contributed by atoms with Crippen LogP contribution in [-0.2, 0) is 13.1 Å². The molecule has 3 rings (SSSR count). The maximum absolute atomic E-state index is 12.5. The van der Waals surface area contributed by atoms with Crippen LogP contribution in [0, 0.1) is 0 Å². The standard InChI is InChI=1S/C19H19N5O/c1-24(14-15-6-3-2-4-7-15)18(25)17-12-22-19(23-13-17)21-11-16-8-5-9-20-10-16/h2-10,12-13H,11,14H2,1H3,(H,21,22,23). The molecule has 0 aliphatic heterocycles. The zero-order chi connectivity index (χ0) is 17.5. The van der Waals surface area contributed by atoms with E-state index >= 15 is 0 Å². The molecule has 0 atom stereocenters. The number of aromatic nitrogens is 3. The summed E-state index contributed by atoms with van der Waals surface area (Å²) in [6.07, 6.45) is 6.60. The average molecular weight is 333 g/mol. The van der Waals surface area contributed by atoms with Gasteiger partial charge in [0.25, 0.3) is 5.91 Å². The van der Waals surface area contributed by atoms with Gasteiger partial charge in [0.2, 0.25) is 5.95 Å². The number of carbonyl (C=O) groups is 1. The van der Waals surface area contributed by atoms with Crippen LogP contribution in [0.1, 0.15) is 21.5 Å².